The minimum atomic E-state index is -0.0708. The van der Waals surface area contributed by atoms with Crippen molar-refractivity contribution in [1.82, 2.24) is 5.43 Å². The predicted octanol–water partition coefficient (Wildman–Crippen LogP) is 0.873. The summed E-state index contributed by atoms with van der Waals surface area (Å²) in [6.45, 7) is 6.84. The van der Waals surface area contributed by atoms with E-state index in [4.69, 9.17) is 5.73 Å². The second-order valence-electron chi connectivity index (χ2n) is 4.71. The van der Waals surface area contributed by atoms with Gasteiger partial charge in [0.05, 0.1) is 11.6 Å². The maximum atomic E-state index is 11.5. The summed E-state index contributed by atoms with van der Waals surface area (Å²) in [5.41, 5.74) is 8.89. The summed E-state index contributed by atoms with van der Waals surface area (Å²) in [5, 5.41) is 4.10. The summed E-state index contributed by atoms with van der Waals surface area (Å²) in [4.78, 5) is 11.5. The first-order valence-electron chi connectivity index (χ1n) is 5.05. The molecule has 0 saturated heterocycles. The van der Waals surface area contributed by atoms with Crippen LogP contribution < -0.4 is 11.2 Å². The maximum Gasteiger partial charge on any atom is 0.248 e. The van der Waals surface area contributed by atoms with Crippen LogP contribution in [0.2, 0.25) is 0 Å². The molecule has 0 spiro atoms. The average molecular weight is 197 g/mol. The van der Waals surface area contributed by atoms with Gasteiger partial charge < -0.3 is 5.73 Å². The summed E-state index contributed by atoms with van der Waals surface area (Å²) in [7, 11) is 0. The molecule has 0 aliphatic carbocycles. The van der Waals surface area contributed by atoms with Gasteiger partial charge in [0, 0.05) is 5.41 Å². The predicted molar refractivity (Wildman–Crippen MR) is 56.8 cm³/mol. The van der Waals surface area contributed by atoms with Crippen molar-refractivity contribution in [1.29, 1.82) is 0 Å². The van der Waals surface area contributed by atoms with Gasteiger partial charge in [-0.2, -0.15) is 5.10 Å². The van der Waals surface area contributed by atoms with Crippen LogP contribution in [0.4, 0.5) is 0 Å². The summed E-state index contributed by atoms with van der Waals surface area (Å²) in [6.07, 6.45) is 1.67. The number of nitrogens with one attached hydrogen (secondary N) is 1. The molecule has 0 aromatic heterocycles. The van der Waals surface area contributed by atoms with Gasteiger partial charge in [0.15, 0.2) is 0 Å². The zero-order valence-electron chi connectivity index (χ0n) is 9.13. The van der Waals surface area contributed by atoms with E-state index < -0.39 is 0 Å². The topological polar surface area (TPSA) is 67.5 Å². The molecule has 1 aliphatic rings. The van der Waals surface area contributed by atoms with Crippen LogP contribution in [0, 0.1) is 11.3 Å². The van der Waals surface area contributed by atoms with Gasteiger partial charge in [-0.15, -0.1) is 0 Å². The Bertz CT molecular complexity index is 253. The lowest BCUT2D eigenvalue weighted by Crippen LogP contribution is -2.31. The third-order valence-electron chi connectivity index (χ3n) is 2.40. The van der Waals surface area contributed by atoms with Gasteiger partial charge in [0.1, 0.15) is 0 Å². The molecule has 1 atom stereocenters. The Kier molecular flexibility index (Phi) is 3.26. The van der Waals surface area contributed by atoms with Crippen molar-refractivity contribution in [2.75, 3.05) is 6.54 Å². The van der Waals surface area contributed by atoms with E-state index in [0.29, 0.717) is 6.54 Å². The molecule has 0 aromatic rings. The lowest BCUT2D eigenvalue weighted by molar-refractivity contribution is -0.122. The van der Waals surface area contributed by atoms with Crippen LogP contribution in [-0.2, 0) is 4.79 Å². The summed E-state index contributed by atoms with van der Waals surface area (Å²) >= 11 is 0. The first-order chi connectivity index (χ1) is 6.46. The lowest BCUT2D eigenvalue weighted by Gasteiger charge is -2.22. The molecule has 0 saturated carbocycles. The monoisotopic (exact) mass is 197 g/mol. The van der Waals surface area contributed by atoms with Crippen LogP contribution >= 0.6 is 0 Å². The molecule has 4 heteroatoms. The van der Waals surface area contributed by atoms with E-state index in [2.05, 4.69) is 31.3 Å². The van der Waals surface area contributed by atoms with Crippen molar-refractivity contribution in [3.05, 3.63) is 0 Å². The summed E-state index contributed by atoms with van der Waals surface area (Å²) < 4.78 is 0. The quantitative estimate of drug-likeness (QED) is 0.705. The van der Waals surface area contributed by atoms with Crippen LogP contribution in [0.15, 0.2) is 5.10 Å². The van der Waals surface area contributed by atoms with Gasteiger partial charge in [-0.3, -0.25) is 4.79 Å². The van der Waals surface area contributed by atoms with Gasteiger partial charge in [0.25, 0.3) is 0 Å². The van der Waals surface area contributed by atoms with Crippen molar-refractivity contribution >= 4 is 11.6 Å². The molecule has 0 bridgehead atoms. The number of rotatable bonds is 3. The highest BCUT2D eigenvalue weighted by atomic mass is 16.2. The average Bonchev–Trinajstić information content (AvgIpc) is 2.42. The lowest BCUT2D eigenvalue weighted by atomic mass is 9.80. The smallest absolute Gasteiger partial charge is 0.248 e. The number of hydrogen-bond acceptors (Lipinski definition) is 3. The highest BCUT2D eigenvalue weighted by Gasteiger charge is 2.36. The number of carbonyl (C=O) groups excluding carboxylic acids is 1. The number of carbonyl (C=O) groups is 1. The van der Waals surface area contributed by atoms with E-state index in [1.54, 1.807) is 0 Å². The first kappa shape index (κ1) is 11.2. The Morgan fingerprint density at radius 2 is 2.14 bits per heavy atom. The van der Waals surface area contributed by atoms with Crippen LogP contribution in [0.5, 0.6) is 0 Å². The Labute approximate surface area is 84.9 Å². The van der Waals surface area contributed by atoms with Crippen LogP contribution in [0.1, 0.15) is 33.6 Å². The van der Waals surface area contributed by atoms with Crippen molar-refractivity contribution in [3.8, 4) is 0 Å². The fraction of sp³-hybridized carbons (Fsp3) is 0.800. The molecule has 1 rings (SSSR count). The van der Waals surface area contributed by atoms with Crippen LogP contribution in [0.25, 0.3) is 0 Å². The molecule has 1 unspecified atom stereocenters. The van der Waals surface area contributed by atoms with E-state index in [1.807, 2.05) is 0 Å². The number of amides is 1. The van der Waals surface area contributed by atoms with Crippen LogP contribution in [0.3, 0.4) is 0 Å². The standard InChI is InChI=1S/C10H19N3O/c1-10(2,3)8-7(5-4-6-11)9(14)13-12-8/h7H,4-6,11H2,1-3H3,(H,13,14). The van der Waals surface area contributed by atoms with E-state index >= 15 is 0 Å². The molecule has 80 valence electrons. The third kappa shape index (κ3) is 2.32. The molecule has 0 aromatic carbocycles. The number of nitrogens with zero attached hydrogens (tertiary/aromatic N) is 1. The van der Waals surface area contributed by atoms with Gasteiger partial charge in [0.2, 0.25) is 5.91 Å². The zero-order valence-corrected chi connectivity index (χ0v) is 9.13. The van der Waals surface area contributed by atoms with E-state index in [1.165, 1.54) is 0 Å². The first-order valence-corrected chi connectivity index (χ1v) is 5.05. The highest BCUT2D eigenvalue weighted by Crippen LogP contribution is 2.27. The van der Waals surface area contributed by atoms with Crippen molar-refractivity contribution in [2.45, 2.75) is 33.6 Å². The molecule has 1 amide bonds. The zero-order chi connectivity index (χ0) is 10.8. The van der Waals surface area contributed by atoms with Crippen molar-refractivity contribution in [3.63, 3.8) is 0 Å². The second-order valence-corrected chi connectivity index (χ2v) is 4.71. The minimum Gasteiger partial charge on any atom is -0.330 e. The molecular weight excluding hydrogens is 178 g/mol. The van der Waals surface area contributed by atoms with Gasteiger partial charge in [-0.25, -0.2) is 5.43 Å². The molecule has 3 N–H and O–H groups in total. The third-order valence-corrected chi connectivity index (χ3v) is 2.40. The van der Waals surface area contributed by atoms with E-state index in [0.717, 1.165) is 18.6 Å². The Morgan fingerprint density at radius 3 is 2.64 bits per heavy atom. The SMILES string of the molecule is CC(C)(C)C1=NNC(=O)C1CCCN. The Morgan fingerprint density at radius 1 is 1.50 bits per heavy atom. The Balaban J connectivity index is 2.70. The van der Waals surface area contributed by atoms with Crippen molar-refractivity contribution in [2.24, 2.45) is 22.2 Å². The normalized spacial score (nSPS) is 22.1. The molecule has 14 heavy (non-hydrogen) atoms. The number of hydrogen-bond donors (Lipinski definition) is 2. The van der Waals surface area contributed by atoms with Gasteiger partial charge >= 0.3 is 0 Å². The van der Waals surface area contributed by atoms with Gasteiger partial charge in [-0.05, 0) is 19.4 Å². The largest absolute Gasteiger partial charge is 0.330 e. The van der Waals surface area contributed by atoms with E-state index in [9.17, 15) is 4.79 Å². The maximum absolute atomic E-state index is 11.5. The number of hydrazone groups is 1. The molecular formula is C10H19N3O. The summed E-state index contributed by atoms with van der Waals surface area (Å²) in [6, 6.07) is 0. The fourth-order valence-corrected chi connectivity index (χ4v) is 1.68. The summed E-state index contributed by atoms with van der Waals surface area (Å²) in [5.74, 6) is -0.0538. The highest BCUT2D eigenvalue weighted by molar-refractivity contribution is 6.10. The van der Waals surface area contributed by atoms with E-state index in [-0.39, 0.29) is 17.2 Å². The Hall–Kier alpha value is -0.900. The van der Waals surface area contributed by atoms with Crippen LogP contribution in [-0.4, -0.2) is 18.2 Å². The molecule has 1 heterocycles. The molecule has 0 fully saturated rings. The minimum absolute atomic E-state index is 0.0170. The molecule has 0 radical (unpaired) electrons. The second kappa shape index (κ2) is 4.09. The van der Waals surface area contributed by atoms with Gasteiger partial charge in [-0.1, -0.05) is 20.8 Å². The molecule has 4 nitrogen and oxygen atoms in total. The number of nitrogens with two attached hydrogens (primary N) is 1. The van der Waals surface area contributed by atoms with Crippen molar-refractivity contribution < 1.29 is 4.79 Å². The molecule has 1 aliphatic heterocycles. The fourth-order valence-electron chi connectivity index (χ4n) is 1.68.